The molecule has 1 atom stereocenters. The highest BCUT2D eigenvalue weighted by atomic mass is 32.1. The Morgan fingerprint density at radius 1 is 1.79 bits per heavy atom. The molecule has 1 aromatic rings. The number of aliphatic carboxylic acids is 1. The normalized spacial score (nSPS) is 12.0. The Morgan fingerprint density at radius 2 is 2.50 bits per heavy atom. The maximum atomic E-state index is 10.5. The number of nitrogens with zero attached hydrogens (tertiary/aromatic N) is 1. The lowest BCUT2D eigenvalue weighted by Crippen LogP contribution is -2.15. The van der Waals surface area contributed by atoms with Gasteiger partial charge in [0.1, 0.15) is 6.07 Å². The predicted octanol–water partition coefficient (Wildman–Crippen LogP) is 1.14. The van der Waals surface area contributed by atoms with Gasteiger partial charge in [-0.3, -0.25) is 4.79 Å². The molecule has 0 spiro atoms. The molecule has 0 bridgehead atoms. The molecule has 0 aromatic carbocycles. The van der Waals surface area contributed by atoms with Crippen molar-refractivity contribution in [2.24, 2.45) is 5.73 Å². The molecular formula is C9H10N2O2S. The number of carbonyl (C=O) groups is 1. The van der Waals surface area contributed by atoms with Crippen molar-refractivity contribution < 1.29 is 9.90 Å². The molecule has 0 radical (unpaired) electrons. The molecule has 1 aromatic heterocycles. The summed E-state index contributed by atoms with van der Waals surface area (Å²) >= 11 is 1.38. The quantitative estimate of drug-likeness (QED) is 0.780. The zero-order chi connectivity index (χ0) is 10.6. The molecule has 0 aliphatic rings. The molecule has 74 valence electrons. The van der Waals surface area contributed by atoms with Crippen LogP contribution in [0.2, 0.25) is 0 Å². The monoisotopic (exact) mass is 210 g/mol. The summed E-state index contributed by atoms with van der Waals surface area (Å²) in [6, 6.07) is 3.70. The van der Waals surface area contributed by atoms with E-state index in [9.17, 15) is 4.79 Å². The average Bonchev–Trinajstić information content (AvgIpc) is 2.62. The number of nitriles is 1. The topological polar surface area (TPSA) is 87.1 Å². The highest BCUT2D eigenvalue weighted by molar-refractivity contribution is 7.10. The highest BCUT2D eigenvalue weighted by Crippen LogP contribution is 2.25. The third-order valence-electron chi connectivity index (χ3n) is 1.86. The number of nitrogens with two attached hydrogens (primary N) is 1. The van der Waals surface area contributed by atoms with E-state index in [1.54, 1.807) is 11.4 Å². The van der Waals surface area contributed by atoms with Gasteiger partial charge in [0.05, 0.1) is 12.0 Å². The fraction of sp³-hybridized carbons (Fsp3) is 0.333. The summed E-state index contributed by atoms with van der Waals surface area (Å²) in [6.45, 7) is 0.289. The molecule has 1 unspecified atom stereocenters. The fourth-order valence-corrected chi connectivity index (χ4v) is 2.09. The number of carboxylic acids is 1. The number of rotatable bonds is 4. The Morgan fingerprint density at radius 3 is 2.93 bits per heavy atom. The summed E-state index contributed by atoms with van der Waals surface area (Å²) in [6.07, 6.45) is 0.0158. The molecule has 3 N–H and O–H groups in total. The SMILES string of the molecule is N#Cc1csc(C(CN)CC(=O)O)c1. The van der Waals surface area contributed by atoms with Crippen LogP contribution >= 0.6 is 11.3 Å². The minimum atomic E-state index is -0.868. The van der Waals surface area contributed by atoms with E-state index < -0.39 is 5.97 Å². The van der Waals surface area contributed by atoms with Gasteiger partial charge in [0.25, 0.3) is 0 Å². The van der Waals surface area contributed by atoms with Crippen molar-refractivity contribution in [2.45, 2.75) is 12.3 Å². The lowest BCUT2D eigenvalue weighted by molar-refractivity contribution is -0.137. The van der Waals surface area contributed by atoms with Crippen molar-refractivity contribution in [1.29, 1.82) is 5.26 Å². The predicted molar refractivity (Wildman–Crippen MR) is 53.1 cm³/mol. The molecule has 0 saturated heterocycles. The first-order valence-corrected chi connectivity index (χ1v) is 4.95. The second-order valence-electron chi connectivity index (χ2n) is 2.88. The highest BCUT2D eigenvalue weighted by Gasteiger charge is 2.15. The first-order valence-electron chi connectivity index (χ1n) is 4.07. The minimum Gasteiger partial charge on any atom is -0.481 e. The first kappa shape index (κ1) is 10.7. The number of hydrogen-bond donors (Lipinski definition) is 2. The minimum absolute atomic E-state index is 0.0158. The Hall–Kier alpha value is -1.38. The maximum absolute atomic E-state index is 10.5. The van der Waals surface area contributed by atoms with E-state index in [0.717, 1.165) is 4.88 Å². The van der Waals surface area contributed by atoms with Crippen LogP contribution in [0.15, 0.2) is 11.4 Å². The van der Waals surface area contributed by atoms with Gasteiger partial charge in [-0.15, -0.1) is 11.3 Å². The van der Waals surface area contributed by atoms with Gasteiger partial charge in [-0.2, -0.15) is 5.26 Å². The molecule has 0 fully saturated rings. The molecule has 0 saturated carbocycles. The maximum Gasteiger partial charge on any atom is 0.304 e. The van der Waals surface area contributed by atoms with Crippen LogP contribution in [0.5, 0.6) is 0 Å². The average molecular weight is 210 g/mol. The van der Waals surface area contributed by atoms with E-state index >= 15 is 0 Å². The molecule has 5 heteroatoms. The number of carboxylic acid groups (broad SMARTS) is 1. The molecule has 0 aliphatic carbocycles. The van der Waals surface area contributed by atoms with Gasteiger partial charge in [-0.05, 0) is 6.07 Å². The molecular weight excluding hydrogens is 200 g/mol. The van der Waals surface area contributed by atoms with Crippen molar-refractivity contribution in [3.05, 3.63) is 21.9 Å². The van der Waals surface area contributed by atoms with Crippen LogP contribution in [0, 0.1) is 11.3 Å². The van der Waals surface area contributed by atoms with Crippen molar-refractivity contribution >= 4 is 17.3 Å². The third-order valence-corrected chi connectivity index (χ3v) is 2.95. The van der Waals surface area contributed by atoms with Crippen molar-refractivity contribution in [3.63, 3.8) is 0 Å². The van der Waals surface area contributed by atoms with Crippen LogP contribution in [0.25, 0.3) is 0 Å². The van der Waals surface area contributed by atoms with Crippen LogP contribution in [-0.2, 0) is 4.79 Å². The van der Waals surface area contributed by atoms with Gasteiger partial charge in [-0.25, -0.2) is 0 Å². The second kappa shape index (κ2) is 4.74. The van der Waals surface area contributed by atoms with E-state index in [2.05, 4.69) is 0 Å². The zero-order valence-corrected chi connectivity index (χ0v) is 8.25. The van der Waals surface area contributed by atoms with Gasteiger partial charge in [0.15, 0.2) is 0 Å². The molecule has 0 aliphatic heterocycles. The van der Waals surface area contributed by atoms with Gasteiger partial charge in [0, 0.05) is 22.7 Å². The first-order chi connectivity index (χ1) is 6.67. The standard InChI is InChI=1S/C9H10N2O2S/c10-3-6-1-8(14-5-6)7(4-11)2-9(12)13/h1,5,7H,2,4,11H2,(H,12,13). The lowest BCUT2D eigenvalue weighted by Gasteiger charge is -2.08. The van der Waals surface area contributed by atoms with Crippen LogP contribution in [0.4, 0.5) is 0 Å². The molecule has 1 heterocycles. The molecule has 14 heavy (non-hydrogen) atoms. The summed E-state index contributed by atoms with van der Waals surface area (Å²) in [5.41, 5.74) is 6.03. The summed E-state index contributed by atoms with van der Waals surface area (Å²) in [4.78, 5) is 11.4. The van der Waals surface area contributed by atoms with Gasteiger partial charge < -0.3 is 10.8 Å². The van der Waals surface area contributed by atoms with Gasteiger partial charge in [0.2, 0.25) is 0 Å². The van der Waals surface area contributed by atoms with E-state index in [1.165, 1.54) is 11.3 Å². The van der Waals surface area contributed by atoms with E-state index in [4.69, 9.17) is 16.1 Å². The van der Waals surface area contributed by atoms with Crippen molar-refractivity contribution in [2.75, 3.05) is 6.54 Å². The molecule has 4 nitrogen and oxygen atoms in total. The summed E-state index contributed by atoms with van der Waals surface area (Å²) < 4.78 is 0. The van der Waals surface area contributed by atoms with Crippen LogP contribution < -0.4 is 5.73 Å². The second-order valence-corrected chi connectivity index (χ2v) is 3.82. The Labute approximate surface area is 85.6 Å². The van der Waals surface area contributed by atoms with E-state index in [1.807, 2.05) is 6.07 Å². The lowest BCUT2D eigenvalue weighted by atomic mass is 10.0. The summed E-state index contributed by atoms with van der Waals surface area (Å²) in [5.74, 6) is -1.05. The Balaban J connectivity index is 2.79. The van der Waals surface area contributed by atoms with E-state index in [-0.39, 0.29) is 18.9 Å². The smallest absolute Gasteiger partial charge is 0.304 e. The van der Waals surface area contributed by atoms with Gasteiger partial charge in [-0.1, -0.05) is 0 Å². The number of thiophene rings is 1. The number of hydrogen-bond acceptors (Lipinski definition) is 4. The Kier molecular flexibility index (Phi) is 3.63. The zero-order valence-electron chi connectivity index (χ0n) is 7.43. The Bertz CT molecular complexity index is 367. The molecule has 0 amide bonds. The van der Waals surface area contributed by atoms with Crippen molar-refractivity contribution in [3.8, 4) is 6.07 Å². The largest absolute Gasteiger partial charge is 0.481 e. The fourth-order valence-electron chi connectivity index (χ4n) is 1.14. The van der Waals surface area contributed by atoms with Crippen LogP contribution in [0.3, 0.4) is 0 Å². The van der Waals surface area contributed by atoms with E-state index in [0.29, 0.717) is 5.56 Å². The van der Waals surface area contributed by atoms with Crippen LogP contribution in [0.1, 0.15) is 22.8 Å². The molecule has 1 rings (SSSR count). The summed E-state index contributed by atoms with van der Waals surface area (Å²) in [5, 5.41) is 18.9. The summed E-state index contributed by atoms with van der Waals surface area (Å²) in [7, 11) is 0. The third kappa shape index (κ3) is 2.55. The van der Waals surface area contributed by atoms with Crippen LogP contribution in [-0.4, -0.2) is 17.6 Å². The van der Waals surface area contributed by atoms with Crippen molar-refractivity contribution in [1.82, 2.24) is 0 Å². The van der Waals surface area contributed by atoms with Gasteiger partial charge >= 0.3 is 5.97 Å².